The maximum atomic E-state index is 11.7. The second kappa shape index (κ2) is 6.89. The lowest BCUT2D eigenvalue weighted by atomic mass is 9.69. The van der Waals surface area contributed by atoms with Crippen molar-refractivity contribution in [1.29, 1.82) is 0 Å². The normalized spacial score (nSPS) is 38.4. The van der Waals surface area contributed by atoms with Crippen molar-refractivity contribution in [3.8, 4) is 0 Å². The van der Waals surface area contributed by atoms with Gasteiger partial charge >= 0.3 is 13.1 Å². The number of hydrogen-bond donors (Lipinski definition) is 3. The third kappa shape index (κ3) is 3.49. The van der Waals surface area contributed by atoms with Gasteiger partial charge in [-0.3, -0.25) is 9.69 Å². The molecule has 3 aliphatic rings. The van der Waals surface area contributed by atoms with Gasteiger partial charge in [-0.15, -0.1) is 0 Å². The Bertz CT molecular complexity index is 386. The largest absolute Gasteiger partial charge is 0.481 e. The molecule has 3 fully saturated rings. The van der Waals surface area contributed by atoms with Gasteiger partial charge in [0.1, 0.15) is 0 Å². The van der Waals surface area contributed by atoms with Crippen LogP contribution in [0.5, 0.6) is 0 Å². The van der Waals surface area contributed by atoms with E-state index in [0.29, 0.717) is 30.7 Å². The number of carboxylic acid groups (broad SMARTS) is 1. The minimum absolute atomic E-state index is 0.255. The topological polar surface area (TPSA) is 81.0 Å². The van der Waals surface area contributed by atoms with Gasteiger partial charge in [-0.2, -0.15) is 0 Å². The quantitative estimate of drug-likeness (QED) is 0.649. The third-order valence-electron chi connectivity index (χ3n) is 6.30. The fourth-order valence-corrected chi connectivity index (χ4v) is 5.08. The molecule has 2 heterocycles. The van der Waals surface area contributed by atoms with Crippen LogP contribution < -0.4 is 0 Å². The smallest absolute Gasteiger partial charge is 0.451 e. The van der Waals surface area contributed by atoms with Gasteiger partial charge in [0.25, 0.3) is 0 Å². The zero-order valence-electron chi connectivity index (χ0n) is 13.2. The summed E-state index contributed by atoms with van der Waals surface area (Å²) in [5, 5.41) is 27.6. The third-order valence-corrected chi connectivity index (χ3v) is 6.30. The standard InChI is InChI=1S/C16H28BNO4/c19-16(20)15-9-11(7-8-17(21)22)1-2-12(15)10-18-13-3-4-14(18)6-5-13/h11-15,21-22H,1-10H2,(H,19,20)/t11-,12-,13?,14?,15-/m0/s1. The van der Waals surface area contributed by atoms with E-state index < -0.39 is 13.1 Å². The van der Waals surface area contributed by atoms with Crippen molar-refractivity contribution in [3.63, 3.8) is 0 Å². The van der Waals surface area contributed by atoms with E-state index in [9.17, 15) is 9.90 Å². The van der Waals surface area contributed by atoms with Gasteiger partial charge < -0.3 is 15.2 Å². The summed E-state index contributed by atoms with van der Waals surface area (Å²) in [4.78, 5) is 14.3. The molecule has 22 heavy (non-hydrogen) atoms. The minimum atomic E-state index is -1.26. The zero-order valence-corrected chi connectivity index (χ0v) is 13.2. The SMILES string of the molecule is O=C(O)[C@H]1C[C@H](CCB(O)O)CC[C@H]1CN1C2CCC1CC2. The van der Waals surface area contributed by atoms with Gasteiger partial charge in [0.2, 0.25) is 0 Å². The first-order valence-electron chi connectivity index (χ1n) is 8.89. The molecule has 0 spiro atoms. The van der Waals surface area contributed by atoms with Crippen LogP contribution in [-0.2, 0) is 4.79 Å². The van der Waals surface area contributed by atoms with Gasteiger partial charge in [-0.05, 0) is 56.7 Å². The molecule has 2 bridgehead atoms. The summed E-state index contributed by atoms with van der Waals surface area (Å²) in [6.45, 7) is 0.960. The Morgan fingerprint density at radius 3 is 2.23 bits per heavy atom. The van der Waals surface area contributed by atoms with Crippen LogP contribution in [0, 0.1) is 17.8 Å². The first-order valence-corrected chi connectivity index (χ1v) is 8.89. The van der Waals surface area contributed by atoms with E-state index in [2.05, 4.69) is 4.90 Å². The average molecular weight is 309 g/mol. The number of nitrogens with zero attached hydrogens (tertiary/aromatic N) is 1. The second-order valence-corrected chi connectivity index (χ2v) is 7.60. The van der Waals surface area contributed by atoms with Crippen LogP contribution in [0.25, 0.3) is 0 Å². The molecule has 124 valence electrons. The van der Waals surface area contributed by atoms with E-state index in [-0.39, 0.29) is 11.8 Å². The van der Waals surface area contributed by atoms with E-state index in [4.69, 9.17) is 10.0 Å². The van der Waals surface area contributed by atoms with Crippen molar-refractivity contribution >= 4 is 13.1 Å². The van der Waals surface area contributed by atoms with Gasteiger partial charge in [-0.25, -0.2) is 0 Å². The molecule has 2 saturated heterocycles. The number of fused-ring (bicyclic) bond motifs is 2. The Hall–Kier alpha value is -0.585. The average Bonchev–Trinajstić information content (AvgIpc) is 3.05. The molecule has 2 aliphatic heterocycles. The Morgan fingerprint density at radius 1 is 1.05 bits per heavy atom. The Labute approximate surface area is 132 Å². The summed E-state index contributed by atoms with van der Waals surface area (Å²) in [7, 11) is -1.26. The fourth-order valence-electron chi connectivity index (χ4n) is 5.08. The molecular weight excluding hydrogens is 281 g/mol. The first-order chi connectivity index (χ1) is 10.5. The Balaban J connectivity index is 1.56. The predicted molar refractivity (Wildman–Crippen MR) is 84.3 cm³/mol. The molecule has 0 radical (unpaired) electrons. The van der Waals surface area contributed by atoms with E-state index in [1.165, 1.54) is 25.7 Å². The summed E-state index contributed by atoms with van der Waals surface area (Å²) in [6.07, 6.45) is 8.98. The van der Waals surface area contributed by atoms with E-state index in [1.807, 2.05) is 0 Å². The lowest BCUT2D eigenvalue weighted by Gasteiger charge is -2.37. The highest BCUT2D eigenvalue weighted by molar-refractivity contribution is 6.40. The summed E-state index contributed by atoms with van der Waals surface area (Å²) >= 11 is 0. The summed E-state index contributed by atoms with van der Waals surface area (Å²) in [6, 6.07) is 1.42. The van der Waals surface area contributed by atoms with E-state index in [1.54, 1.807) is 0 Å². The van der Waals surface area contributed by atoms with Crippen LogP contribution in [0.2, 0.25) is 6.32 Å². The second-order valence-electron chi connectivity index (χ2n) is 7.60. The minimum Gasteiger partial charge on any atom is -0.481 e. The van der Waals surface area contributed by atoms with Gasteiger partial charge in [0, 0.05) is 18.6 Å². The molecule has 1 saturated carbocycles. The van der Waals surface area contributed by atoms with Crippen molar-refractivity contribution in [3.05, 3.63) is 0 Å². The zero-order chi connectivity index (χ0) is 15.7. The molecule has 3 rings (SSSR count). The van der Waals surface area contributed by atoms with Crippen LogP contribution in [-0.4, -0.2) is 51.8 Å². The van der Waals surface area contributed by atoms with Crippen molar-refractivity contribution in [2.24, 2.45) is 17.8 Å². The van der Waals surface area contributed by atoms with Crippen LogP contribution in [0.15, 0.2) is 0 Å². The highest BCUT2D eigenvalue weighted by Crippen LogP contribution is 2.42. The van der Waals surface area contributed by atoms with Crippen LogP contribution >= 0.6 is 0 Å². The highest BCUT2D eigenvalue weighted by atomic mass is 16.4. The fraction of sp³-hybridized carbons (Fsp3) is 0.938. The molecule has 5 nitrogen and oxygen atoms in total. The molecule has 6 heteroatoms. The number of carboxylic acids is 1. The maximum absolute atomic E-state index is 11.7. The number of rotatable bonds is 6. The van der Waals surface area contributed by atoms with E-state index in [0.717, 1.165) is 25.8 Å². The number of carbonyl (C=O) groups is 1. The van der Waals surface area contributed by atoms with Crippen molar-refractivity contribution in [2.75, 3.05) is 6.54 Å². The summed E-state index contributed by atoms with van der Waals surface area (Å²) < 4.78 is 0. The Morgan fingerprint density at radius 2 is 1.68 bits per heavy atom. The molecule has 0 aromatic heterocycles. The molecular formula is C16H28BNO4. The summed E-state index contributed by atoms with van der Waals surface area (Å²) in [5.41, 5.74) is 0. The van der Waals surface area contributed by atoms with E-state index >= 15 is 0 Å². The maximum Gasteiger partial charge on any atom is 0.451 e. The molecule has 3 atom stereocenters. The molecule has 0 aromatic rings. The monoisotopic (exact) mass is 309 g/mol. The van der Waals surface area contributed by atoms with Crippen LogP contribution in [0.4, 0.5) is 0 Å². The van der Waals surface area contributed by atoms with Crippen LogP contribution in [0.1, 0.15) is 51.4 Å². The van der Waals surface area contributed by atoms with Crippen molar-refractivity contribution in [1.82, 2.24) is 4.90 Å². The summed E-state index contributed by atoms with van der Waals surface area (Å²) in [5.74, 6) is -0.316. The lowest BCUT2D eigenvalue weighted by molar-refractivity contribution is -0.146. The lowest BCUT2D eigenvalue weighted by Crippen LogP contribution is -2.41. The van der Waals surface area contributed by atoms with Crippen molar-refractivity contribution in [2.45, 2.75) is 69.8 Å². The van der Waals surface area contributed by atoms with Crippen LogP contribution in [0.3, 0.4) is 0 Å². The first kappa shape index (κ1) is 16.3. The van der Waals surface area contributed by atoms with Gasteiger partial charge in [-0.1, -0.05) is 12.8 Å². The molecule has 0 unspecified atom stereocenters. The molecule has 3 N–H and O–H groups in total. The van der Waals surface area contributed by atoms with Gasteiger partial charge in [0.05, 0.1) is 5.92 Å². The highest BCUT2D eigenvalue weighted by Gasteiger charge is 2.43. The predicted octanol–water partition coefficient (Wildman–Crippen LogP) is 1.59. The van der Waals surface area contributed by atoms with Gasteiger partial charge in [0.15, 0.2) is 0 Å². The van der Waals surface area contributed by atoms with Crippen molar-refractivity contribution < 1.29 is 19.9 Å². The molecule has 1 aliphatic carbocycles. The molecule has 0 aromatic carbocycles. The Kier molecular flexibility index (Phi) is 5.10. The number of hydrogen-bond acceptors (Lipinski definition) is 4. The molecule has 0 amide bonds. The number of aliphatic carboxylic acids is 1.